The smallest absolute Gasteiger partial charge is 0.324 e. The third kappa shape index (κ3) is 6.25. The van der Waals surface area contributed by atoms with E-state index in [9.17, 15) is 9.18 Å². The SMILES string of the molecule is CCN(CCOC)C(=O)N(C)c1ccc(COc2cc(F)cc(C3(OC)CCOCC3)c2)cc1. The number of benzene rings is 2. The van der Waals surface area contributed by atoms with E-state index in [4.69, 9.17) is 18.9 Å². The average Bonchev–Trinajstić information content (AvgIpc) is 2.87. The molecule has 3 rings (SSSR count). The molecule has 1 aliphatic heterocycles. The van der Waals surface area contributed by atoms with Gasteiger partial charge in [-0.05, 0) is 42.3 Å². The molecule has 0 spiro atoms. The Morgan fingerprint density at radius 3 is 2.44 bits per heavy atom. The van der Waals surface area contributed by atoms with Crippen LogP contribution in [0.25, 0.3) is 0 Å². The molecule has 1 fully saturated rings. The summed E-state index contributed by atoms with van der Waals surface area (Å²) < 4.78 is 36.6. The van der Waals surface area contributed by atoms with Crippen molar-refractivity contribution >= 4 is 11.7 Å². The molecule has 2 aromatic carbocycles. The minimum atomic E-state index is -0.563. The number of nitrogens with zero attached hydrogens (tertiary/aromatic N) is 2. The molecule has 0 atom stereocenters. The van der Waals surface area contributed by atoms with Gasteiger partial charge < -0.3 is 23.8 Å². The van der Waals surface area contributed by atoms with E-state index < -0.39 is 5.60 Å². The van der Waals surface area contributed by atoms with Crippen LogP contribution >= 0.6 is 0 Å². The predicted molar refractivity (Wildman–Crippen MR) is 129 cm³/mol. The first kappa shape index (κ1) is 25.9. The first-order valence-electron chi connectivity index (χ1n) is 11.6. The van der Waals surface area contributed by atoms with Gasteiger partial charge >= 0.3 is 6.03 Å². The van der Waals surface area contributed by atoms with E-state index in [-0.39, 0.29) is 18.5 Å². The number of likely N-dealkylation sites (N-methyl/N-ethyl adjacent to an activating group) is 1. The van der Waals surface area contributed by atoms with Gasteiger partial charge in [0, 0.05) is 72.2 Å². The Labute approximate surface area is 201 Å². The quantitative estimate of drug-likeness (QED) is 0.504. The van der Waals surface area contributed by atoms with Crippen LogP contribution in [0.3, 0.4) is 0 Å². The van der Waals surface area contributed by atoms with Gasteiger partial charge in [0.1, 0.15) is 18.2 Å². The highest BCUT2D eigenvalue weighted by atomic mass is 19.1. The molecule has 7 nitrogen and oxygen atoms in total. The first-order chi connectivity index (χ1) is 16.4. The molecular weight excluding hydrogens is 439 g/mol. The molecule has 0 N–H and O–H groups in total. The molecule has 2 aromatic rings. The van der Waals surface area contributed by atoms with E-state index in [0.29, 0.717) is 51.5 Å². The molecule has 1 heterocycles. The van der Waals surface area contributed by atoms with Gasteiger partial charge in [-0.3, -0.25) is 4.90 Å². The number of urea groups is 1. The van der Waals surface area contributed by atoms with E-state index in [0.717, 1.165) is 16.8 Å². The fraction of sp³-hybridized carbons (Fsp3) is 0.500. The second kappa shape index (κ2) is 12.1. The number of carbonyl (C=O) groups excluding carboxylic acids is 1. The Kier molecular flexibility index (Phi) is 9.27. The summed E-state index contributed by atoms with van der Waals surface area (Å²) in [6.45, 7) is 5.00. The topological polar surface area (TPSA) is 60.5 Å². The molecule has 186 valence electrons. The summed E-state index contributed by atoms with van der Waals surface area (Å²) in [7, 11) is 5.02. The van der Waals surface area contributed by atoms with Gasteiger partial charge in [-0.25, -0.2) is 9.18 Å². The summed E-state index contributed by atoms with van der Waals surface area (Å²) in [6.07, 6.45) is 1.34. The van der Waals surface area contributed by atoms with Crippen LogP contribution < -0.4 is 9.64 Å². The van der Waals surface area contributed by atoms with Crippen molar-refractivity contribution < 1.29 is 28.1 Å². The number of anilines is 1. The van der Waals surface area contributed by atoms with E-state index in [1.54, 1.807) is 31.1 Å². The summed E-state index contributed by atoms with van der Waals surface area (Å²) in [4.78, 5) is 16.1. The maximum Gasteiger partial charge on any atom is 0.324 e. The summed E-state index contributed by atoms with van der Waals surface area (Å²) in [6, 6.07) is 12.2. The summed E-state index contributed by atoms with van der Waals surface area (Å²) >= 11 is 0. The number of ether oxygens (including phenoxy) is 4. The highest BCUT2D eigenvalue weighted by molar-refractivity contribution is 5.91. The number of carbonyl (C=O) groups is 1. The van der Waals surface area contributed by atoms with Crippen LogP contribution in [-0.2, 0) is 26.4 Å². The molecule has 0 aromatic heterocycles. The second-order valence-electron chi connectivity index (χ2n) is 8.36. The maximum atomic E-state index is 14.4. The van der Waals surface area contributed by atoms with Gasteiger partial charge in [-0.1, -0.05) is 12.1 Å². The molecule has 8 heteroatoms. The molecule has 0 unspecified atom stereocenters. The lowest BCUT2D eigenvalue weighted by Gasteiger charge is -2.36. The molecule has 34 heavy (non-hydrogen) atoms. The summed E-state index contributed by atoms with van der Waals surface area (Å²) in [5.41, 5.74) is 1.89. The van der Waals surface area contributed by atoms with Crippen molar-refractivity contribution in [2.24, 2.45) is 0 Å². The van der Waals surface area contributed by atoms with Crippen LogP contribution in [0.1, 0.15) is 30.9 Å². The molecule has 0 aliphatic carbocycles. The number of halogens is 1. The minimum absolute atomic E-state index is 0.0870. The number of methoxy groups -OCH3 is 2. The van der Waals surface area contributed by atoms with Crippen LogP contribution in [-0.4, -0.2) is 65.1 Å². The van der Waals surface area contributed by atoms with Crippen molar-refractivity contribution in [2.75, 3.05) is 59.1 Å². The molecule has 0 bridgehead atoms. The Morgan fingerprint density at radius 2 is 1.82 bits per heavy atom. The van der Waals surface area contributed by atoms with Crippen molar-refractivity contribution in [3.8, 4) is 5.75 Å². The fourth-order valence-corrected chi connectivity index (χ4v) is 4.12. The standard InChI is InChI=1S/C26H35FN2O5/c1-5-29(12-15-31-3)25(30)28(2)23-8-6-20(7-9-23)19-34-24-17-21(16-22(27)18-24)26(32-4)10-13-33-14-11-26/h6-9,16-18H,5,10-15,19H2,1-4H3. The van der Waals surface area contributed by atoms with E-state index in [1.807, 2.05) is 37.3 Å². The van der Waals surface area contributed by atoms with Crippen LogP contribution in [0, 0.1) is 5.82 Å². The number of hydrogen-bond acceptors (Lipinski definition) is 5. The van der Waals surface area contributed by atoms with Gasteiger partial charge in [0.2, 0.25) is 0 Å². The third-order valence-electron chi connectivity index (χ3n) is 6.32. The largest absolute Gasteiger partial charge is 0.489 e. The van der Waals surface area contributed by atoms with E-state index in [1.165, 1.54) is 12.1 Å². The number of rotatable bonds is 10. The number of amides is 2. The van der Waals surface area contributed by atoms with E-state index >= 15 is 0 Å². The highest BCUT2D eigenvalue weighted by Crippen LogP contribution is 2.37. The predicted octanol–water partition coefficient (Wildman–Crippen LogP) is 4.58. The van der Waals surface area contributed by atoms with Crippen molar-refractivity contribution in [3.05, 3.63) is 59.4 Å². The Hall–Kier alpha value is -2.68. The molecule has 0 saturated carbocycles. The molecule has 2 amide bonds. The van der Waals surface area contributed by atoms with Gasteiger partial charge in [0.15, 0.2) is 0 Å². The van der Waals surface area contributed by atoms with Crippen LogP contribution in [0.2, 0.25) is 0 Å². The summed E-state index contributed by atoms with van der Waals surface area (Å²) in [5, 5.41) is 0. The zero-order valence-corrected chi connectivity index (χ0v) is 20.5. The number of hydrogen-bond donors (Lipinski definition) is 0. The fourth-order valence-electron chi connectivity index (χ4n) is 4.12. The van der Waals surface area contributed by atoms with Gasteiger partial charge in [-0.15, -0.1) is 0 Å². The Balaban J connectivity index is 1.65. The minimum Gasteiger partial charge on any atom is -0.489 e. The van der Waals surface area contributed by atoms with Gasteiger partial charge in [0.25, 0.3) is 0 Å². The Morgan fingerprint density at radius 1 is 1.12 bits per heavy atom. The normalized spacial score (nSPS) is 15.1. The zero-order chi connectivity index (χ0) is 24.6. The van der Waals surface area contributed by atoms with Crippen molar-refractivity contribution in [2.45, 2.75) is 32.0 Å². The van der Waals surface area contributed by atoms with Crippen LogP contribution in [0.4, 0.5) is 14.9 Å². The monoisotopic (exact) mass is 474 g/mol. The lowest BCUT2D eigenvalue weighted by Crippen LogP contribution is -2.42. The lowest BCUT2D eigenvalue weighted by molar-refractivity contribution is -0.0950. The molecular formula is C26H35FN2O5. The molecule has 0 radical (unpaired) electrons. The second-order valence-corrected chi connectivity index (χ2v) is 8.36. The van der Waals surface area contributed by atoms with Crippen molar-refractivity contribution in [3.63, 3.8) is 0 Å². The molecule has 1 aliphatic rings. The van der Waals surface area contributed by atoms with E-state index in [2.05, 4.69) is 0 Å². The third-order valence-corrected chi connectivity index (χ3v) is 6.32. The summed E-state index contributed by atoms with van der Waals surface area (Å²) in [5.74, 6) is 0.0888. The van der Waals surface area contributed by atoms with Crippen LogP contribution in [0.15, 0.2) is 42.5 Å². The van der Waals surface area contributed by atoms with Crippen molar-refractivity contribution in [1.29, 1.82) is 0 Å². The average molecular weight is 475 g/mol. The lowest BCUT2D eigenvalue weighted by atomic mass is 9.86. The highest BCUT2D eigenvalue weighted by Gasteiger charge is 2.35. The maximum absolute atomic E-state index is 14.4. The Bertz CT molecular complexity index is 931. The van der Waals surface area contributed by atoms with Gasteiger partial charge in [0.05, 0.1) is 12.2 Å². The van der Waals surface area contributed by atoms with Crippen molar-refractivity contribution in [1.82, 2.24) is 4.90 Å². The van der Waals surface area contributed by atoms with Gasteiger partial charge in [-0.2, -0.15) is 0 Å². The first-order valence-corrected chi connectivity index (χ1v) is 11.6. The molecule has 1 saturated heterocycles. The zero-order valence-electron chi connectivity index (χ0n) is 20.5. The van der Waals surface area contributed by atoms with Crippen LogP contribution in [0.5, 0.6) is 5.75 Å².